The molecule has 0 bridgehead atoms. The summed E-state index contributed by atoms with van der Waals surface area (Å²) in [7, 11) is 0. The maximum atomic E-state index is 12.3. The van der Waals surface area contributed by atoms with Gasteiger partial charge in [0.1, 0.15) is 6.61 Å². The number of nitrogens with one attached hydrogen (secondary N) is 1. The van der Waals surface area contributed by atoms with Gasteiger partial charge in [-0.05, 0) is 29.8 Å². The lowest BCUT2D eigenvalue weighted by Gasteiger charge is -2.09. The molecule has 1 heterocycles. The van der Waals surface area contributed by atoms with Crippen LogP contribution in [0.1, 0.15) is 11.1 Å². The quantitative estimate of drug-likeness (QED) is 0.668. The van der Waals surface area contributed by atoms with E-state index in [9.17, 15) is 9.59 Å². The number of ether oxygens (including phenoxy) is 2. The number of ketones is 1. The van der Waals surface area contributed by atoms with Crippen molar-refractivity contribution in [2.45, 2.75) is 6.61 Å². The largest absolute Gasteiger partial charge is 0.470 e. The second-order valence-corrected chi connectivity index (χ2v) is 5.29. The molecule has 2 aromatic rings. The molecular weight excluding hydrogens is 320 g/mol. The lowest BCUT2D eigenvalue weighted by Crippen LogP contribution is -2.16. The Kier molecular flexibility index (Phi) is 4.77. The zero-order valence-electron chi connectivity index (χ0n) is 13.2. The number of hydrogen-bond donors (Lipinski definition) is 1. The second-order valence-electron chi connectivity index (χ2n) is 5.29. The van der Waals surface area contributed by atoms with Gasteiger partial charge in [-0.1, -0.05) is 30.3 Å². The number of nitrogens with zero attached hydrogens (tertiary/aromatic N) is 1. The van der Waals surface area contributed by atoms with Crippen molar-refractivity contribution in [1.29, 1.82) is 5.26 Å². The van der Waals surface area contributed by atoms with Crippen molar-refractivity contribution in [3.05, 3.63) is 77.2 Å². The van der Waals surface area contributed by atoms with Crippen LogP contribution in [0.15, 0.2) is 66.1 Å². The van der Waals surface area contributed by atoms with Crippen LogP contribution < -0.4 is 5.32 Å². The molecule has 0 fully saturated rings. The predicted molar refractivity (Wildman–Crippen MR) is 89.0 cm³/mol. The zero-order chi connectivity index (χ0) is 17.6. The minimum Gasteiger partial charge on any atom is -0.470 e. The van der Waals surface area contributed by atoms with Gasteiger partial charge in [-0.2, -0.15) is 5.26 Å². The van der Waals surface area contributed by atoms with E-state index < -0.39 is 11.8 Å². The van der Waals surface area contributed by atoms with Gasteiger partial charge in [-0.3, -0.25) is 4.79 Å². The summed E-state index contributed by atoms with van der Waals surface area (Å²) in [4.78, 5) is 24.2. The molecule has 0 unspecified atom stereocenters. The Labute approximate surface area is 144 Å². The van der Waals surface area contributed by atoms with Gasteiger partial charge in [0, 0.05) is 5.69 Å². The van der Waals surface area contributed by atoms with Crippen molar-refractivity contribution >= 4 is 17.4 Å². The first-order chi connectivity index (χ1) is 12.2. The summed E-state index contributed by atoms with van der Waals surface area (Å²) in [6, 6.07) is 17.7. The van der Waals surface area contributed by atoms with Crippen LogP contribution in [0, 0.1) is 11.3 Å². The molecule has 0 saturated carbocycles. The molecule has 124 valence electrons. The highest BCUT2D eigenvalue weighted by molar-refractivity contribution is 6.19. The van der Waals surface area contributed by atoms with Crippen molar-refractivity contribution in [2.24, 2.45) is 0 Å². The molecule has 1 aliphatic heterocycles. The number of nitriles is 1. The number of esters is 1. The molecule has 2 aromatic carbocycles. The topological polar surface area (TPSA) is 88.4 Å². The van der Waals surface area contributed by atoms with Crippen LogP contribution in [0.5, 0.6) is 0 Å². The van der Waals surface area contributed by atoms with Crippen LogP contribution in [-0.2, 0) is 25.7 Å². The number of para-hydroxylation sites is 1. The van der Waals surface area contributed by atoms with Crippen LogP contribution in [0.4, 0.5) is 5.69 Å². The highest BCUT2D eigenvalue weighted by Crippen LogP contribution is 2.21. The molecule has 0 radical (unpaired) electrons. The van der Waals surface area contributed by atoms with Crippen LogP contribution in [0.25, 0.3) is 0 Å². The van der Waals surface area contributed by atoms with Gasteiger partial charge in [-0.15, -0.1) is 0 Å². The smallest absolute Gasteiger partial charge is 0.347 e. The third-order valence-electron chi connectivity index (χ3n) is 3.54. The summed E-state index contributed by atoms with van der Waals surface area (Å²) in [6.45, 7) is -0.198. The Balaban J connectivity index is 1.70. The number of rotatable bonds is 5. The van der Waals surface area contributed by atoms with Crippen molar-refractivity contribution in [1.82, 2.24) is 0 Å². The van der Waals surface area contributed by atoms with E-state index in [-0.39, 0.29) is 24.7 Å². The fourth-order valence-corrected chi connectivity index (χ4v) is 2.26. The van der Waals surface area contributed by atoms with Crippen LogP contribution >= 0.6 is 0 Å². The molecule has 0 atom stereocenters. The number of carbonyl (C=O) groups excluding carboxylic acids is 2. The van der Waals surface area contributed by atoms with Crippen molar-refractivity contribution in [3.8, 4) is 6.07 Å². The molecular formula is C19H14N2O4. The maximum absolute atomic E-state index is 12.3. The Morgan fingerprint density at radius 2 is 1.88 bits per heavy atom. The van der Waals surface area contributed by atoms with Crippen LogP contribution in [0.3, 0.4) is 0 Å². The van der Waals surface area contributed by atoms with Crippen molar-refractivity contribution < 1.29 is 19.1 Å². The number of hydrogen-bond acceptors (Lipinski definition) is 6. The molecule has 0 spiro atoms. The lowest BCUT2D eigenvalue weighted by atomic mass is 10.1. The lowest BCUT2D eigenvalue weighted by molar-refractivity contribution is -0.141. The minimum atomic E-state index is -0.745. The van der Waals surface area contributed by atoms with Gasteiger partial charge in [-0.25, -0.2) is 4.79 Å². The molecule has 0 aliphatic carbocycles. The molecule has 1 N–H and O–H groups in total. The first kappa shape index (κ1) is 16.3. The van der Waals surface area contributed by atoms with Crippen molar-refractivity contribution in [2.75, 3.05) is 11.9 Å². The fourth-order valence-electron chi connectivity index (χ4n) is 2.26. The Bertz CT molecular complexity index is 865. The van der Waals surface area contributed by atoms with E-state index in [4.69, 9.17) is 14.7 Å². The number of anilines is 1. The molecule has 0 amide bonds. The minimum absolute atomic E-state index is 0.0000606. The van der Waals surface area contributed by atoms with Crippen molar-refractivity contribution in [3.63, 3.8) is 0 Å². The first-order valence-corrected chi connectivity index (χ1v) is 7.56. The third-order valence-corrected chi connectivity index (χ3v) is 3.54. The maximum Gasteiger partial charge on any atom is 0.347 e. The molecule has 0 saturated heterocycles. The van der Waals surface area contributed by atoms with Gasteiger partial charge in [0.2, 0.25) is 11.7 Å². The van der Waals surface area contributed by atoms with Gasteiger partial charge in [0.15, 0.2) is 12.2 Å². The first-order valence-electron chi connectivity index (χ1n) is 7.56. The summed E-state index contributed by atoms with van der Waals surface area (Å²) in [5, 5.41) is 11.7. The summed E-state index contributed by atoms with van der Waals surface area (Å²) >= 11 is 0. The van der Waals surface area contributed by atoms with E-state index in [1.54, 1.807) is 36.4 Å². The molecule has 0 aromatic heterocycles. The Hall–Kier alpha value is -3.59. The summed E-state index contributed by atoms with van der Waals surface area (Å²) < 4.78 is 10.5. The average molecular weight is 334 g/mol. The van der Waals surface area contributed by atoms with Crippen LogP contribution in [0.2, 0.25) is 0 Å². The molecule has 6 nitrogen and oxygen atoms in total. The molecule has 3 rings (SSSR count). The summed E-state index contributed by atoms with van der Waals surface area (Å²) in [5.74, 6) is -1.07. The second kappa shape index (κ2) is 7.32. The highest BCUT2D eigenvalue weighted by Gasteiger charge is 2.32. The highest BCUT2D eigenvalue weighted by atomic mass is 16.5. The Morgan fingerprint density at radius 1 is 1.16 bits per heavy atom. The van der Waals surface area contributed by atoms with Crippen LogP contribution in [-0.4, -0.2) is 18.4 Å². The molecule has 25 heavy (non-hydrogen) atoms. The fraction of sp³-hybridized carbons (Fsp3) is 0.105. The van der Waals surface area contributed by atoms with Gasteiger partial charge in [0.05, 0.1) is 11.6 Å². The van der Waals surface area contributed by atoms with Gasteiger partial charge < -0.3 is 14.8 Å². The normalized spacial score (nSPS) is 13.2. The summed E-state index contributed by atoms with van der Waals surface area (Å²) in [5.41, 5.74) is 1.81. The zero-order valence-corrected chi connectivity index (χ0v) is 13.2. The molecule has 6 heteroatoms. The van der Waals surface area contributed by atoms with E-state index in [0.717, 1.165) is 5.56 Å². The van der Waals surface area contributed by atoms with E-state index >= 15 is 0 Å². The predicted octanol–water partition coefficient (Wildman–Crippen LogP) is 2.52. The monoisotopic (exact) mass is 334 g/mol. The summed E-state index contributed by atoms with van der Waals surface area (Å²) in [6.07, 6.45) is 0. The van der Waals surface area contributed by atoms with E-state index in [1.807, 2.05) is 24.3 Å². The number of carbonyl (C=O) groups is 2. The standard InChI is InChI=1S/C19H14N2O4/c20-10-13-6-8-14(9-7-13)11-25-19(23)17-16(22)12-24-18(17)21-15-4-2-1-3-5-15/h1-9,21H,11-12H2. The third kappa shape index (κ3) is 3.85. The molecule has 1 aliphatic rings. The van der Waals surface area contributed by atoms with E-state index in [2.05, 4.69) is 5.32 Å². The average Bonchev–Trinajstić information content (AvgIpc) is 3.01. The van der Waals surface area contributed by atoms with E-state index in [1.165, 1.54) is 0 Å². The van der Waals surface area contributed by atoms with Gasteiger partial charge in [0.25, 0.3) is 0 Å². The Morgan fingerprint density at radius 3 is 2.56 bits per heavy atom. The number of benzene rings is 2. The number of Topliss-reactive ketones (excluding diaryl/α,β-unsaturated/α-hetero) is 1. The SMILES string of the molecule is N#Cc1ccc(COC(=O)C2=C(Nc3ccccc3)OCC2=O)cc1. The van der Waals surface area contributed by atoms with E-state index in [0.29, 0.717) is 11.3 Å². The van der Waals surface area contributed by atoms with Gasteiger partial charge >= 0.3 is 5.97 Å².